The first-order valence-electron chi connectivity index (χ1n) is 5.90. The van der Waals surface area contributed by atoms with Crippen molar-refractivity contribution in [3.05, 3.63) is 29.8 Å². The van der Waals surface area contributed by atoms with E-state index in [9.17, 15) is 9.59 Å². The van der Waals surface area contributed by atoms with Gasteiger partial charge in [0.1, 0.15) is 11.3 Å². The van der Waals surface area contributed by atoms with Crippen LogP contribution in [0, 0.1) is 0 Å². The molecule has 104 valence electrons. The number of para-hydroxylation sites is 1. The van der Waals surface area contributed by atoms with Gasteiger partial charge in [-0.05, 0) is 12.1 Å². The highest BCUT2D eigenvalue weighted by molar-refractivity contribution is 5.91. The smallest absolute Gasteiger partial charge is 0.339 e. The van der Waals surface area contributed by atoms with Crippen LogP contribution in [0.5, 0.6) is 5.75 Å². The molecule has 0 saturated carbocycles. The number of carbonyl (C=O) groups excluding carboxylic acids is 1. The van der Waals surface area contributed by atoms with Crippen LogP contribution < -0.4 is 10.1 Å². The third-order valence-electron chi connectivity index (χ3n) is 2.22. The molecule has 0 aliphatic carbocycles. The number of benzene rings is 1. The Hall–Kier alpha value is -1.92. The van der Waals surface area contributed by atoms with Gasteiger partial charge in [-0.3, -0.25) is 4.79 Å². The fourth-order valence-corrected chi connectivity index (χ4v) is 1.40. The van der Waals surface area contributed by atoms with E-state index >= 15 is 0 Å². The Morgan fingerprint density at radius 3 is 2.32 bits per heavy atom. The molecule has 1 aliphatic rings. The summed E-state index contributed by atoms with van der Waals surface area (Å²) in [6.45, 7) is 5.05. The van der Waals surface area contributed by atoms with E-state index in [1.54, 1.807) is 12.1 Å². The number of rotatable bonds is 2. The maximum atomic E-state index is 10.6. The topological polar surface area (TPSA) is 84.9 Å². The number of ether oxygens (including phenoxy) is 2. The average Bonchev–Trinajstić information content (AvgIpc) is 2.41. The van der Waals surface area contributed by atoms with Gasteiger partial charge in [0.25, 0.3) is 0 Å². The van der Waals surface area contributed by atoms with E-state index in [0.29, 0.717) is 0 Å². The molecule has 1 aliphatic heterocycles. The number of carboxylic acid groups (broad SMARTS) is 1. The number of esters is 1. The summed E-state index contributed by atoms with van der Waals surface area (Å²) in [6.07, 6.45) is 0. The fraction of sp³-hybridized carbons (Fsp3) is 0.385. The molecule has 19 heavy (non-hydrogen) atoms. The minimum atomic E-state index is -1.11. The van der Waals surface area contributed by atoms with Crippen LogP contribution in [-0.4, -0.2) is 43.3 Å². The molecule has 6 heteroatoms. The van der Waals surface area contributed by atoms with Gasteiger partial charge in [0, 0.05) is 20.0 Å². The van der Waals surface area contributed by atoms with Crippen molar-refractivity contribution < 1.29 is 24.2 Å². The van der Waals surface area contributed by atoms with Crippen LogP contribution in [-0.2, 0) is 9.53 Å². The molecule has 6 nitrogen and oxygen atoms in total. The first-order chi connectivity index (χ1) is 9.11. The quantitative estimate of drug-likeness (QED) is 0.612. The summed E-state index contributed by atoms with van der Waals surface area (Å²) in [5, 5.41) is 11.8. The van der Waals surface area contributed by atoms with Gasteiger partial charge in [-0.1, -0.05) is 12.1 Å². The number of carboxylic acids is 1. The Balaban J connectivity index is 0.000000250. The lowest BCUT2D eigenvalue weighted by atomic mass is 10.2. The van der Waals surface area contributed by atoms with Crippen LogP contribution in [0.15, 0.2) is 24.3 Å². The first kappa shape index (κ1) is 15.1. The largest absolute Gasteiger partial charge is 0.478 e. The maximum absolute atomic E-state index is 10.6. The van der Waals surface area contributed by atoms with Crippen LogP contribution >= 0.6 is 0 Å². The van der Waals surface area contributed by atoms with Crippen molar-refractivity contribution >= 4 is 11.9 Å². The summed E-state index contributed by atoms with van der Waals surface area (Å²) in [5.41, 5.74) is -0.0160. The van der Waals surface area contributed by atoms with Gasteiger partial charge in [0.15, 0.2) is 0 Å². The Morgan fingerprint density at radius 2 is 1.89 bits per heavy atom. The van der Waals surface area contributed by atoms with E-state index in [-0.39, 0.29) is 11.3 Å². The zero-order valence-corrected chi connectivity index (χ0v) is 10.7. The van der Waals surface area contributed by atoms with Gasteiger partial charge in [-0.15, -0.1) is 0 Å². The minimum Gasteiger partial charge on any atom is -0.478 e. The molecule has 0 amide bonds. The first-order valence-corrected chi connectivity index (χ1v) is 5.90. The van der Waals surface area contributed by atoms with Crippen molar-refractivity contribution in [2.45, 2.75) is 6.92 Å². The molecular formula is C13H17NO5. The summed E-state index contributed by atoms with van der Waals surface area (Å²) in [6, 6.07) is 5.98. The number of carbonyl (C=O) groups is 2. The Kier molecular flexibility index (Phi) is 6.56. The Bertz CT molecular complexity index is 417. The number of morpholine rings is 1. The molecule has 0 aromatic heterocycles. The number of aromatic carboxylic acids is 1. The maximum Gasteiger partial charge on any atom is 0.339 e. The summed E-state index contributed by atoms with van der Waals surface area (Å²) in [5.74, 6) is -1.58. The zero-order chi connectivity index (χ0) is 14.1. The third kappa shape index (κ3) is 5.98. The van der Waals surface area contributed by atoms with E-state index in [0.717, 1.165) is 26.3 Å². The second-order valence-corrected chi connectivity index (χ2v) is 3.76. The van der Waals surface area contributed by atoms with Crippen molar-refractivity contribution in [3.63, 3.8) is 0 Å². The van der Waals surface area contributed by atoms with E-state index in [2.05, 4.69) is 10.1 Å². The zero-order valence-electron chi connectivity index (χ0n) is 10.7. The van der Waals surface area contributed by atoms with Gasteiger partial charge in [0.2, 0.25) is 0 Å². The number of nitrogens with one attached hydrogen (secondary N) is 1. The molecule has 1 saturated heterocycles. The fourth-order valence-electron chi connectivity index (χ4n) is 1.40. The van der Waals surface area contributed by atoms with Crippen LogP contribution in [0.3, 0.4) is 0 Å². The van der Waals surface area contributed by atoms with Crippen molar-refractivity contribution in [3.8, 4) is 5.75 Å². The number of hydrogen-bond donors (Lipinski definition) is 2. The highest BCUT2D eigenvalue weighted by Crippen LogP contribution is 2.17. The van der Waals surface area contributed by atoms with E-state index in [1.807, 2.05) is 0 Å². The lowest BCUT2D eigenvalue weighted by molar-refractivity contribution is -0.131. The van der Waals surface area contributed by atoms with E-state index in [1.165, 1.54) is 19.1 Å². The summed E-state index contributed by atoms with van der Waals surface area (Å²) >= 11 is 0. The molecule has 1 heterocycles. The molecule has 0 atom stereocenters. The molecular weight excluding hydrogens is 250 g/mol. The molecule has 1 aromatic rings. The molecule has 0 radical (unpaired) electrons. The van der Waals surface area contributed by atoms with Gasteiger partial charge in [-0.25, -0.2) is 4.79 Å². The number of hydrogen-bond acceptors (Lipinski definition) is 5. The van der Waals surface area contributed by atoms with Gasteiger partial charge in [0.05, 0.1) is 13.2 Å². The summed E-state index contributed by atoms with van der Waals surface area (Å²) < 4.78 is 9.69. The lowest BCUT2D eigenvalue weighted by Crippen LogP contribution is -2.30. The summed E-state index contributed by atoms with van der Waals surface area (Å²) in [7, 11) is 0. The van der Waals surface area contributed by atoms with Crippen LogP contribution in [0.25, 0.3) is 0 Å². The van der Waals surface area contributed by atoms with Crippen molar-refractivity contribution in [1.29, 1.82) is 0 Å². The molecule has 2 rings (SSSR count). The summed E-state index contributed by atoms with van der Waals surface area (Å²) in [4.78, 5) is 21.2. The predicted octanol–water partition coefficient (Wildman–Crippen LogP) is 0.916. The van der Waals surface area contributed by atoms with Gasteiger partial charge >= 0.3 is 11.9 Å². The SMILES string of the molecule is C1COCCN1.CC(=O)Oc1ccccc1C(=O)O. The average molecular weight is 267 g/mol. The standard InChI is InChI=1S/C9H8O4.C4H9NO/c1-6(10)13-8-5-3-2-4-7(8)9(11)12;1-3-6-4-2-5-1/h2-5H,1H3,(H,11,12);5H,1-4H2. The molecule has 1 aromatic carbocycles. The van der Waals surface area contributed by atoms with Crippen molar-refractivity contribution in [2.24, 2.45) is 0 Å². The third-order valence-corrected chi connectivity index (χ3v) is 2.22. The van der Waals surface area contributed by atoms with E-state index < -0.39 is 11.9 Å². The van der Waals surface area contributed by atoms with Crippen LogP contribution in [0.1, 0.15) is 17.3 Å². The predicted molar refractivity (Wildman–Crippen MR) is 68.4 cm³/mol. The van der Waals surface area contributed by atoms with Gasteiger partial charge in [-0.2, -0.15) is 0 Å². The van der Waals surface area contributed by atoms with Crippen LogP contribution in [0.2, 0.25) is 0 Å². The lowest BCUT2D eigenvalue weighted by Gasteiger charge is -2.10. The van der Waals surface area contributed by atoms with Gasteiger partial charge < -0.3 is 19.9 Å². The van der Waals surface area contributed by atoms with E-state index in [4.69, 9.17) is 9.84 Å². The highest BCUT2D eigenvalue weighted by Gasteiger charge is 2.10. The van der Waals surface area contributed by atoms with Crippen molar-refractivity contribution in [2.75, 3.05) is 26.3 Å². The monoisotopic (exact) mass is 267 g/mol. The normalized spacial score (nSPS) is 13.9. The highest BCUT2D eigenvalue weighted by atomic mass is 16.5. The molecule has 0 bridgehead atoms. The molecule has 0 unspecified atom stereocenters. The molecule has 1 fully saturated rings. The van der Waals surface area contributed by atoms with Crippen LogP contribution in [0.4, 0.5) is 0 Å². The minimum absolute atomic E-state index is 0.0160. The van der Waals surface area contributed by atoms with Crippen molar-refractivity contribution in [1.82, 2.24) is 5.32 Å². The second-order valence-electron chi connectivity index (χ2n) is 3.76. The Morgan fingerprint density at radius 1 is 1.26 bits per heavy atom. The second kappa shape index (κ2) is 8.23. The molecule has 2 N–H and O–H groups in total. The Labute approximate surface area is 111 Å². The molecule has 0 spiro atoms.